The number of rotatable bonds is 0. The molecule has 4 rings (SSSR count). The maximum absolute atomic E-state index is 11.9. The minimum atomic E-state index is -1.06. The van der Waals surface area contributed by atoms with E-state index in [1.54, 1.807) is 0 Å². The van der Waals surface area contributed by atoms with Crippen LogP contribution >= 0.6 is 11.6 Å². The lowest BCUT2D eigenvalue weighted by molar-refractivity contribution is -0.154. The highest BCUT2D eigenvalue weighted by atomic mass is 35.5. The van der Waals surface area contributed by atoms with Gasteiger partial charge >= 0.3 is 5.97 Å². The highest BCUT2D eigenvalue weighted by Gasteiger charge is 2.79. The third kappa shape index (κ3) is 1.29. The van der Waals surface area contributed by atoms with Crippen molar-refractivity contribution >= 4 is 17.6 Å². The van der Waals surface area contributed by atoms with Gasteiger partial charge in [0.15, 0.2) is 0 Å². The minimum Gasteiger partial charge on any atom is -0.458 e. The van der Waals surface area contributed by atoms with Crippen LogP contribution in [0.1, 0.15) is 33.1 Å². The molecule has 5 heteroatoms. The molecular formula is C15H19ClO4. The number of halogens is 1. The first kappa shape index (κ1) is 13.1. The number of esters is 1. The Bertz CT molecular complexity index is 530. The van der Waals surface area contributed by atoms with E-state index in [1.165, 1.54) is 0 Å². The Morgan fingerprint density at radius 2 is 2.15 bits per heavy atom. The molecule has 0 amide bonds. The Kier molecular flexibility index (Phi) is 2.24. The molecule has 4 fully saturated rings. The molecule has 2 saturated carbocycles. The zero-order chi connectivity index (χ0) is 14.5. The van der Waals surface area contributed by atoms with Gasteiger partial charge in [-0.3, -0.25) is 0 Å². The summed E-state index contributed by atoms with van der Waals surface area (Å²) in [5.74, 6) is -0.675. The Labute approximate surface area is 123 Å². The number of hydrogen-bond acceptors (Lipinski definition) is 4. The zero-order valence-electron chi connectivity index (χ0n) is 11.7. The monoisotopic (exact) mass is 298 g/mol. The number of ether oxygens (including phenoxy) is 2. The molecular weight excluding hydrogens is 280 g/mol. The molecule has 4 nitrogen and oxygen atoms in total. The van der Waals surface area contributed by atoms with Crippen molar-refractivity contribution in [1.82, 2.24) is 0 Å². The van der Waals surface area contributed by atoms with Crippen molar-refractivity contribution in [2.75, 3.05) is 0 Å². The number of hydrogen-bond donors (Lipinski definition) is 1. The lowest BCUT2D eigenvalue weighted by Gasteiger charge is -2.44. The first-order chi connectivity index (χ1) is 9.21. The molecule has 2 aliphatic carbocycles. The maximum atomic E-state index is 11.9. The number of carbonyl (C=O) groups excluding carboxylic acids is 1. The van der Waals surface area contributed by atoms with Crippen LogP contribution in [0.2, 0.25) is 0 Å². The minimum absolute atomic E-state index is 0.0156. The van der Waals surface area contributed by atoms with Crippen LogP contribution in [0, 0.1) is 11.8 Å². The molecule has 0 aromatic carbocycles. The summed E-state index contributed by atoms with van der Waals surface area (Å²) in [4.78, 5) is 11.1. The molecule has 2 aliphatic heterocycles. The van der Waals surface area contributed by atoms with Crippen molar-refractivity contribution in [3.63, 3.8) is 0 Å². The summed E-state index contributed by atoms with van der Waals surface area (Å²) in [5.41, 5.74) is -0.973. The van der Waals surface area contributed by atoms with Gasteiger partial charge in [-0.25, -0.2) is 4.79 Å². The third-order valence-electron chi connectivity index (χ3n) is 6.11. The smallest absolute Gasteiger partial charge is 0.334 e. The molecule has 0 radical (unpaired) electrons. The van der Waals surface area contributed by atoms with Gasteiger partial charge in [0.1, 0.15) is 11.7 Å². The molecule has 4 aliphatic rings. The quantitative estimate of drug-likeness (QED) is 0.320. The number of carbonyl (C=O) groups is 1. The highest BCUT2D eigenvalue weighted by molar-refractivity contribution is 6.24. The van der Waals surface area contributed by atoms with Crippen molar-refractivity contribution in [3.8, 4) is 0 Å². The predicted molar refractivity (Wildman–Crippen MR) is 72.3 cm³/mol. The second-order valence-corrected chi connectivity index (χ2v) is 7.97. The first-order valence-corrected chi connectivity index (χ1v) is 7.57. The first-order valence-electron chi connectivity index (χ1n) is 7.19. The van der Waals surface area contributed by atoms with Crippen LogP contribution < -0.4 is 0 Å². The van der Waals surface area contributed by atoms with E-state index in [2.05, 4.69) is 6.58 Å². The maximum Gasteiger partial charge on any atom is 0.334 e. The molecule has 110 valence electrons. The van der Waals surface area contributed by atoms with Gasteiger partial charge in [0.25, 0.3) is 0 Å². The van der Waals surface area contributed by atoms with E-state index in [1.807, 2.05) is 13.8 Å². The third-order valence-corrected chi connectivity index (χ3v) is 6.63. The van der Waals surface area contributed by atoms with E-state index >= 15 is 0 Å². The van der Waals surface area contributed by atoms with Gasteiger partial charge in [-0.2, -0.15) is 0 Å². The predicted octanol–water partition coefficient (Wildman–Crippen LogP) is 1.78. The Morgan fingerprint density at radius 1 is 1.45 bits per heavy atom. The largest absolute Gasteiger partial charge is 0.458 e. The van der Waals surface area contributed by atoms with E-state index in [0.717, 1.165) is 6.42 Å². The molecule has 0 unspecified atom stereocenters. The zero-order valence-corrected chi connectivity index (χ0v) is 12.4. The molecule has 2 heterocycles. The SMILES string of the molecule is C=C1C(=O)O[C@H]2[C@H]1CC[C@@](C)(Cl)[C@@]1(O)C[C@H]3O[C@@]3(C)[C@H]21. The average molecular weight is 299 g/mol. The lowest BCUT2D eigenvalue weighted by Crippen LogP contribution is -2.57. The Hall–Kier alpha value is -0.580. The van der Waals surface area contributed by atoms with Crippen LogP contribution in [0.5, 0.6) is 0 Å². The van der Waals surface area contributed by atoms with Gasteiger partial charge in [0.2, 0.25) is 0 Å². The fraction of sp³-hybridized carbons (Fsp3) is 0.800. The lowest BCUT2D eigenvalue weighted by atomic mass is 9.73. The summed E-state index contributed by atoms with van der Waals surface area (Å²) in [5, 5.41) is 11.3. The van der Waals surface area contributed by atoms with E-state index in [-0.39, 0.29) is 30.0 Å². The van der Waals surface area contributed by atoms with E-state index < -0.39 is 16.1 Å². The van der Waals surface area contributed by atoms with E-state index in [9.17, 15) is 9.90 Å². The van der Waals surface area contributed by atoms with Crippen LogP contribution in [0.3, 0.4) is 0 Å². The molecule has 0 bridgehead atoms. The summed E-state index contributed by atoms with van der Waals surface area (Å²) in [7, 11) is 0. The molecule has 20 heavy (non-hydrogen) atoms. The van der Waals surface area contributed by atoms with E-state index in [4.69, 9.17) is 21.1 Å². The topological polar surface area (TPSA) is 59.1 Å². The average Bonchev–Trinajstić information content (AvgIpc) is 2.81. The Balaban J connectivity index is 1.84. The van der Waals surface area contributed by atoms with Crippen LogP contribution in [0.15, 0.2) is 12.2 Å². The van der Waals surface area contributed by atoms with Gasteiger partial charge in [0.05, 0.1) is 22.5 Å². The summed E-state index contributed by atoms with van der Waals surface area (Å²) in [6.07, 6.45) is 1.53. The summed E-state index contributed by atoms with van der Waals surface area (Å²) < 4.78 is 11.3. The van der Waals surface area contributed by atoms with Crippen molar-refractivity contribution < 1.29 is 19.4 Å². The van der Waals surface area contributed by atoms with Crippen LogP contribution in [0.25, 0.3) is 0 Å². The molecule has 0 aromatic heterocycles. The highest BCUT2D eigenvalue weighted by Crippen LogP contribution is 2.67. The van der Waals surface area contributed by atoms with Crippen molar-refractivity contribution in [1.29, 1.82) is 0 Å². The second-order valence-electron chi connectivity index (χ2n) is 7.13. The number of fused-ring (bicyclic) bond motifs is 5. The standard InChI is InChI=1S/C15H19ClO4/c1-7-8-4-5-13(2,16)15(18)6-9-14(3,20-9)11(15)10(8)19-12(7)17/h8-11,18H,1,4-6H2,2-3H3/t8-,9+,10-,11-,13+,14+,15+/m0/s1. The molecule has 0 spiro atoms. The molecule has 0 aromatic rings. The van der Waals surface area contributed by atoms with Crippen LogP contribution in [0.4, 0.5) is 0 Å². The fourth-order valence-corrected chi connectivity index (χ4v) is 5.03. The Morgan fingerprint density at radius 3 is 2.85 bits per heavy atom. The van der Waals surface area contributed by atoms with Crippen molar-refractivity contribution in [2.45, 2.75) is 61.4 Å². The van der Waals surface area contributed by atoms with E-state index in [0.29, 0.717) is 18.4 Å². The van der Waals surface area contributed by atoms with Gasteiger partial charge < -0.3 is 14.6 Å². The van der Waals surface area contributed by atoms with Crippen molar-refractivity contribution in [3.05, 3.63) is 12.2 Å². The summed E-state index contributed by atoms with van der Waals surface area (Å²) in [6, 6.07) is 0. The number of alkyl halides is 1. The van der Waals surface area contributed by atoms with Gasteiger partial charge in [-0.15, -0.1) is 11.6 Å². The number of epoxide rings is 1. The second kappa shape index (κ2) is 3.42. The fourth-order valence-electron chi connectivity index (χ4n) is 4.72. The molecule has 1 N–H and O–H groups in total. The van der Waals surface area contributed by atoms with Crippen LogP contribution in [-0.4, -0.2) is 39.4 Å². The summed E-state index contributed by atoms with van der Waals surface area (Å²) in [6.45, 7) is 7.75. The number of aliphatic hydroxyl groups is 1. The molecule has 7 atom stereocenters. The van der Waals surface area contributed by atoms with Gasteiger partial charge in [-0.05, 0) is 26.7 Å². The normalized spacial score (nSPS) is 60.4. The van der Waals surface area contributed by atoms with Crippen LogP contribution in [-0.2, 0) is 14.3 Å². The summed E-state index contributed by atoms with van der Waals surface area (Å²) >= 11 is 6.69. The van der Waals surface area contributed by atoms with Gasteiger partial charge in [-0.1, -0.05) is 6.58 Å². The van der Waals surface area contributed by atoms with Gasteiger partial charge in [0, 0.05) is 17.9 Å². The van der Waals surface area contributed by atoms with Crippen molar-refractivity contribution in [2.24, 2.45) is 11.8 Å². The molecule has 2 saturated heterocycles.